The molecule has 3 heterocycles. The Balaban J connectivity index is 1.55. The van der Waals surface area contributed by atoms with E-state index in [1.54, 1.807) is 4.90 Å². The minimum atomic E-state index is 0.270. The highest BCUT2D eigenvalue weighted by molar-refractivity contribution is 7.09. The van der Waals surface area contributed by atoms with Crippen LogP contribution in [0.4, 0.5) is 0 Å². The number of amides is 1. The van der Waals surface area contributed by atoms with Crippen LogP contribution in [-0.4, -0.2) is 37.0 Å². The Labute approximate surface area is 131 Å². The number of rotatable bonds is 3. The van der Waals surface area contributed by atoms with Crippen molar-refractivity contribution >= 4 is 17.2 Å². The lowest BCUT2D eigenvalue weighted by molar-refractivity contribution is -0.920. The van der Waals surface area contributed by atoms with Crippen LogP contribution in [0.25, 0.3) is 0 Å². The monoisotopic (exact) mass is 307 g/mol. The number of nitrogens with one attached hydrogen (secondary N) is 1. The van der Waals surface area contributed by atoms with Crippen molar-refractivity contribution < 1.29 is 9.69 Å². The Morgan fingerprint density at radius 3 is 2.76 bits per heavy atom. The zero-order valence-corrected chi connectivity index (χ0v) is 13.7. The van der Waals surface area contributed by atoms with Gasteiger partial charge in [-0.15, -0.1) is 11.3 Å². The van der Waals surface area contributed by atoms with E-state index in [9.17, 15) is 4.79 Å². The number of nitrogens with zero attached hydrogens (tertiary/aromatic N) is 1. The molecule has 0 aliphatic carbocycles. The van der Waals surface area contributed by atoms with E-state index in [1.807, 2.05) is 11.3 Å². The minimum Gasteiger partial charge on any atom is -0.342 e. The maximum Gasteiger partial charge on any atom is 0.231 e. The van der Waals surface area contributed by atoms with Gasteiger partial charge in [-0.1, -0.05) is 18.9 Å². The topological polar surface area (TPSA) is 24.8 Å². The molecule has 2 aliphatic heterocycles. The molecule has 2 saturated heterocycles. The summed E-state index contributed by atoms with van der Waals surface area (Å²) >= 11 is 1.84. The molecule has 0 bridgehead atoms. The Morgan fingerprint density at radius 1 is 1.24 bits per heavy atom. The third-order valence-electron chi connectivity index (χ3n) is 4.89. The summed E-state index contributed by atoms with van der Waals surface area (Å²) in [4.78, 5) is 18.0. The summed E-state index contributed by atoms with van der Waals surface area (Å²) in [7, 11) is 0. The first-order valence-corrected chi connectivity index (χ1v) is 9.35. The normalized spacial score (nSPS) is 27.3. The highest BCUT2D eigenvalue weighted by Crippen LogP contribution is 2.17. The smallest absolute Gasteiger partial charge is 0.231 e. The summed E-state index contributed by atoms with van der Waals surface area (Å²) in [6, 6.07) is 4.35. The lowest BCUT2D eigenvalue weighted by Gasteiger charge is -2.32. The first kappa shape index (κ1) is 15.0. The Bertz CT molecular complexity index is 438. The zero-order chi connectivity index (χ0) is 14.5. The second kappa shape index (κ2) is 7.41. The van der Waals surface area contributed by atoms with Crippen molar-refractivity contribution in [2.75, 3.05) is 26.2 Å². The van der Waals surface area contributed by atoms with Crippen LogP contribution in [0.3, 0.4) is 0 Å². The number of likely N-dealkylation sites (tertiary alicyclic amines) is 2. The predicted octanol–water partition coefficient (Wildman–Crippen LogP) is 1.95. The quantitative estimate of drug-likeness (QED) is 0.907. The minimum absolute atomic E-state index is 0.270. The first-order chi connectivity index (χ1) is 10.3. The maximum absolute atomic E-state index is 12.8. The largest absolute Gasteiger partial charge is 0.342 e. The zero-order valence-electron chi connectivity index (χ0n) is 12.9. The van der Waals surface area contributed by atoms with Gasteiger partial charge in [0.1, 0.15) is 6.54 Å². The van der Waals surface area contributed by atoms with Gasteiger partial charge < -0.3 is 9.80 Å². The molecule has 1 aromatic rings. The van der Waals surface area contributed by atoms with Crippen LogP contribution in [0.2, 0.25) is 0 Å². The van der Waals surface area contributed by atoms with E-state index in [0.29, 0.717) is 5.91 Å². The van der Waals surface area contributed by atoms with Crippen molar-refractivity contribution in [2.24, 2.45) is 5.92 Å². The third-order valence-corrected chi connectivity index (χ3v) is 5.77. The molecule has 2 atom stereocenters. The van der Waals surface area contributed by atoms with Gasteiger partial charge in [-0.3, -0.25) is 4.79 Å². The number of carbonyl (C=O) groups excluding carboxylic acids is 1. The molecule has 0 saturated carbocycles. The summed E-state index contributed by atoms with van der Waals surface area (Å²) in [5.41, 5.74) is 0. The van der Waals surface area contributed by atoms with Crippen molar-refractivity contribution in [3.8, 4) is 0 Å². The van der Waals surface area contributed by atoms with Crippen molar-refractivity contribution in [1.82, 2.24) is 4.90 Å². The number of thiophene rings is 1. The van der Waals surface area contributed by atoms with E-state index in [2.05, 4.69) is 22.4 Å². The molecule has 21 heavy (non-hydrogen) atoms. The van der Waals surface area contributed by atoms with Crippen molar-refractivity contribution in [3.63, 3.8) is 0 Å². The van der Waals surface area contributed by atoms with Crippen molar-refractivity contribution in [1.29, 1.82) is 0 Å². The fraction of sp³-hybridized carbons (Fsp3) is 0.706. The van der Waals surface area contributed by atoms with Crippen LogP contribution in [0.15, 0.2) is 17.5 Å². The number of piperidine rings is 1. The molecule has 0 spiro atoms. The molecule has 116 valence electrons. The van der Waals surface area contributed by atoms with Gasteiger partial charge in [0.15, 0.2) is 0 Å². The fourth-order valence-corrected chi connectivity index (χ4v) is 4.51. The lowest BCUT2D eigenvalue weighted by atomic mass is 9.96. The van der Waals surface area contributed by atoms with Gasteiger partial charge in [-0.2, -0.15) is 0 Å². The van der Waals surface area contributed by atoms with Crippen molar-refractivity contribution in [3.05, 3.63) is 22.4 Å². The molecule has 0 radical (unpaired) electrons. The summed E-state index contributed by atoms with van der Waals surface area (Å²) in [5, 5.41) is 2.15. The van der Waals surface area contributed by atoms with Gasteiger partial charge in [-0.05, 0) is 37.1 Å². The fourth-order valence-electron chi connectivity index (χ4n) is 3.73. The standard InChI is InChI=1S/C17H26N2OS/c20-17(19-10-3-1-2-4-11-19)15-7-5-9-18(13-15)14-16-8-6-12-21-16/h6,8,12,15H,1-5,7,9-11,13-14H2/p+1. The molecule has 4 heteroatoms. The van der Waals surface area contributed by atoms with E-state index in [0.717, 1.165) is 32.6 Å². The van der Waals surface area contributed by atoms with Gasteiger partial charge in [0, 0.05) is 13.1 Å². The van der Waals surface area contributed by atoms with Gasteiger partial charge in [-0.25, -0.2) is 0 Å². The van der Waals surface area contributed by atoms with Crippen molar-refractivity contribution in [2.45, 2.75) is 45.1 Å². The molecule has 3 nitrogen and oxygen atoms in total. The third kappa shape index (κ3) is 4.07. The van der Waals surface area contributed by atoms with Crippen LogP contribution in [0.1, 0.15) is 43.4 Å². The number of carbonyl (C=O) groups is 1. The summed E-state index contributed by atoms with van der Waals surface area (Å²) in [6.45, 7) is 5.35. The predicted molar refractivity (Wildman–Crippen MR) is 86.5 cm³/mol. The molecule has 0 aromatic carbocycles. The van der Waals surface area contributed by atoms with E-state index in [-0.39, 0.29) is 5.92 Å². The van der Waals surface area contributed by atoms with Crippen LogP contribution in [0, 0.1) is 5.92 Å². The molecule has 2 fully saturated rings. The molecular weight excluding hydrogens is 280 g/mol. The van der Waals surface area contributed by atoms with Gasteiger partial charge in [0.2, 0.25) is 5.91 Å². The second-order valence-electron chi connectivity index (χ2n) is 6.54. The van der Waals surface area contributed by atoms with Crippen LogP contribution < -0.4 is 4.90 Å². The molecule has 1 amide bonds. The van der Waals surface area contributed by atoms with Crippen LogP contribution >= 0.6 is 11.3 Å². The molecule has 1 N–H and O–H groups in total. The molecular formula is C17H27N2OS+. The Kier molecular flexibility index (Phi) is 5.31. The molecule has 3 rings (SSSR count). The maximum atomic E-state index is 12.8. The number of quaternary nitrogens is 1. The highest BCUT2D eigenvalue weighted by atomic mass is 32.1. The SMILES string of the molecule is O=C(C1CCC[NH+](Cc2cccs2)C1)N1CCCCCC1. The first-order valence-electron chi connectivity index (χ1n) is 8.47. The van der Waals surface area contributed by atoms with Crippen LogP contribution in [-0.2, 0) is 11.3 Å². The number of hydrogen-bond acceptors (Lipinski definition) is 2. The van der Waals surface area contributed by atoms with Gasteiger partial charge in [0.25, 0.3) is 0 Å². The highest BCUT2D eigenvalue weighted by Gasteiger charge is 2.31. The summed E-state index contributed by atoms with van der Waals surface area (Å²) in [6.07, 6.45) is 7.29. The second-order valence-corrected chi connectivity index (χ2v) is 7.57. The molecule has 2 aliphatic rings. The van der Waals surface area contributed by atoms with E-state index in [4.69, 9.17) is 0 Å². The van der Waals surface area contributed by atoms with Gasteiger partial charge in [0.05, 0.1) is 23.9 Å². The molecule has 2 unspecified atom stereocenters. The van der Waals surface area contributed by atoms with E-state index in [1.165, 1.54) is 43.5 Å². The average molecular weight is 307 g/mol. The summed E-state index contributed by atoms with van der Waals surface area (Å²) in [5.74, 6) is 0.715. The van der Waals surface area contributed by atoms with E-state index < -0.39 is 0 Å². The summed E-state index contributed by atoms with van der Waals surface area (Å²) < 4.78 is 0. The van der Waals surface area contributed by atoms with Gasteiger partial charge >= 0.3 is 0 Å². The Hall–Kier alpha value is -0.870. The average Bonchev–Trinajstić information content (AvgIpc) is 2.87. The molecule has 1 aromatic heterocycles. The van der Waals surface area contributed by atoms with E-state index >= 15 is 0 Å². The number of hydrogen-bond donors (Lipinski definition) is 1. The Morgan fingerprint density at radius 2 is 2.05 bits per heavy atom. The van der Waals surface area contributed by atoms with Crippen LogP contribution in [0.5, 0.6) is 0 Å². The lowest BCUT2D eigenvalue weighted by Crippen LogP contribution is -3.12.